The minimum Gasteiger partial charge on any atom is -0.507 e. The molecule has 0 atom stereocenters. The summed E-state index contributed by atoms with van der Waals surface area (Å²) in [6.45, 7) is 0. The van der Waals surface area contributed by atoms with Gasteiger partial charge in [0, 0.05) is 16.1 Å². The van der Waals surface area contributed by atoms with Crippen LogP contribution < -0.4 is 5.43 Å². The Labute approximate surface area is 150 Å². The van der Waals surface area contributed by atoms with Crippen molar-refractivity contribution in [2.24, 2.45) is 5.10 Å². The minimum absolute atomic E-state index is 0.0945. The van der Waals surface area contributed by atoms with Crippen LogP contribution in [0.1, 0.15) is 21.5 Å². The van der Waals surface area contributed by atoms with Crippen LogP contribution in [0.3, 0.4) is 0 Å². The number of hydrogen-bond donors (Lipinski definition) is 2. The quantitative estimate of drug-likeness (QED) is 0.546. The maximum Gasteiger partial charge on any atom is 0.275 e. The van der Waals surface area contributed by atoms with Crippen LogP contribution in [0.4, 0.5) is 0 Å². The first kappa shape index (κ1) is 16.7. The van der Waals surface area contributed by atoms with Crippen LogP contribution in [0, 0.1) is 0 Å². The normalized spacial score (nSPS) is 11.2. The number of hydrazone groups is 1. The zero-order valence-corrected chi connectivity index (χ0v) is 13.9. The number of aromatic hydroxyl groups is 1. The number of phenolic OH excluding ortho intramolecular Hbond substituents is 1. The highest BCUT2D eigenvalue weighted by molar-refractivity contribution is 6.30. The highest BCUT2D eigenvalue weighted by atomic mass is 35.5. The molecule has 0 aliphatic carbocycles. The van der Waals surface area contributed by atoms with Crippen molar-refractivity contribution >= 4 is 23.2 Å². The third-order valence-electron chi connectivity index (χ3n) is 3.58. The lowest BCUT2D eigenvalue weighted by molar-refractivity contribution is 0.0952. The van der Waals surface area contributed by atoms with E-state index in [9.17, 15) is 9.90 Å². The third kappa shape index (κ3) is 4.05. The molecule has 124 valence electrons. The van der Waals surface area contributed by atoms with Crippen molar-refractivity contribution < 1.29 is 9.90 Å². The van der Waals surface area contributed by atoms with Crippen LogP contribution in [0.15, 0.2) is 84.0 Å². The highest BCUT2D eigenvalue weighted by Gasteiger charge is 2.11. The van der Waals surface area contributed by atoms with Crippen molar-refractivity contribution in [2.75, 3.05) is 0 Å². The summed E-state index contributed by atoms with van der Waals surface area (Å²) in [7, 11) is 0. The predicted octanol–water partition coefficient (Wildman–Crippen LogP) is 4.23. The summed E-state index contributed by atoms with van der Waals surface area (Å²) in [5.41, 5.74) is 4.93. The van der Waals surface area contributed by atoms with Crippen molar-refractivity contribution in [3.05, 3.63) is 101 Å². The Morgan fingerprint density at radius 3 is 2.12 bits per heavy atom. The number of nitrogens with zero attached hydrogens (tertiary/aromatic N) is 1. The van der Waals surface area contributed by atoms with E-state index >= 15 is 0 Å². The van der Waals surface area contributed by atoms with Crippen LogP contribution in [-0.4, -0.2) is 16.7 Å². The second-order valence-electron chi connectivity index (χ2n) is 5.29. The fraction of sp³-hybridized carbons (Fsp3) is 0. The molecule has 0 heterocycles. The molecule has 0 aliphatic rings. The number of nitrogens with one attached hydrogen (secondary N) is 1. The van der Waals surface area contributed by atoms with Gasteiger partial charge in [0.1, 0.15) is 5.75 Å². The molecule has 4 nitrogen and oxygen atoms in total. The Balaban J connectivity index is 1.94. The fourth-order valence-corrected chi connectivity index (χ4v) is 2.46. The van der Waals surface area contributed by atoms with Gasteiger partial charge in [-0.1, -0.05) is 66.2 Å². The largest absolute Gasteiger partial charge is 0.507 e. The molecule has 0 saturated heterocycles. The van der Waals surface area contributed by atoms with Gasteiger partial charge in [0.15, 0.2) is 0 Å². The lowest BCUT2D eigenvalue weighted by Gasteiger charge is -2.09. The van der Waals surface area contributed by atoms with Gasteiger partial charge in [-0.3, -0.25) is 4.79 Å². The van der Waals surface area contributed by atoms with Crippen LogP contribution in [0.5, 0.6) is 5.75 Å². The van der Waals surface area contributed by atoms with E-state index in [0.717, 1.165) is 11.1 Å². The highest BCUT2D eigenvalue weighted by Crippen LogP contribution is 2.17. The minimum atomic E-state index is -0.486. The lowest BCUT2D eigenvalue weighted by atomic mass is 10.0. The summed E-state index contributed by atoms with van der Waals surface area (Å²) < 4.78 is 0. The Hall–Kier alpha value is -3.11. The van der Waals surface area contributed by atoms with Gasteiger partial charge in [-0.2, -0.15) is 5.10 Å². The summed E-state index contributed by atoms with van der Waals surface area (Å²) in [5.74, 6) is -0.580. The number of carbonyl (C=O) groups is 1. The van der Waals surface area contributed by atoms with Crippen LogP contribution >= 0.6 is 11.6 Å². The van der Waals surface area contributed by atoms with Gasteiger partial charge in [-0.05, 0) is 24.3 Å². The molecule has 2 N–H and O–H groups in total. The maximum atomic E-state index is 12.3. The van der Waals surface area contributed by atoms with E-state index in [0.29, 0.717) is 10.7 Å². The van der Waals surface area contributed by atoms with Crippen molar-refractivity contribution in [1.29, 1.82) is 0 Å². The second kappa shape index (κ2) is 7.64. The number of carbonyl (C=O) groups excluding carboxylic acids is 1. The molecule has 5 heteroatoms. The van der Waals surface area contributed by atoms with Crippen molar-refractivity contribution in [2.45, 2.75) is 0 Å². The van der Waals surface area contributed by atoms with E-state index < -0.39 is 5.91 Å². The molecule has 25 heavy (non-hydrogen) atoms. The Bertz CT molecular complexity index is 906. The molecule has 0 fully saturated rings. The number of rotatable bonds is 4. The number of para-hydroxylation sites is 1. The average Bonchev–Trinajstić information content (AvgIpc) is 2.64. The first-order valence-corrected chi connectivity index (χ1v) is 8.00. The number of amides is 1. The zero-order chi connectivity index (χ0) is 17.6. The van der Waals surface area contributed by atoms with Crippen LogP contribution in [0.25, 0.3) is 0 Å². The molecule has 3 aromatic rings. The van der Waals surface area contributed by atoms with E-state index in [4.69, 9.17) is 11.6 Å². The molecule has 0 radical (unpaired) electrons. The molecule has 3 rings (SSSR count). The van der Waals surface area contributed by atoms with E-state index in [-0.39, 0.29) is 11.3 Å². The summed E-state index contributed by atoms with van der Waals surface area (Å²) >= 11 is 5.95. The van der Waals surface area contributed by atoms with E-state index in [1.807, 2.05) is 42.5 Å². The Morgan fingerprint density at radius 1 is 0.840 bits per heavy atom. The molecule has 0 aromatic heterocycles. The number of hydrogen-bond acceptors (Lipinski definition) is 3. The molecular weight excluding hydrogens is 336 g/mol. The standard InChI is InChI=1S/C20H15ClN2O2/c21-16-12-10-15(11-13-16)19(14-6-2-1-3-7-14)22-23-20(25)17-8-4-5-9-18(17)24/h1-13,24H,(H,23,25)/b22-19+. The van der Waals surface area contributed by atoms with Crippen molar-refractivity contribution in [3.63, 3.8) is 0 Å². The summed E-state index contributed by atoms with van der Waals surface area (Å²) in [6, 6.07) is 23.0. The smallest absolute Gasteiger partial charge is 0.275 e. The summed E-state index contributed by atoms with van der Waals surface area (Å²) in [4.78, 5) is 12.3. The SMILES string of the molecule is O=C(N/N=C(\c1ccccc1)c1ccc(Cl)cc1)c1ccccc1O. The molecule has 0 saturated carbocycles. The lowest BCUT2D eigenvalue weighted by Crippen LogP contribution is -2.20. The van der Waals surface area contributed by atoms with Crippen LogP contribution in [0.2, 0.25) is 5.02 Å². The van der Waals surface area contributed by atoms with Crippen molar-refractivity contribution in [1.82, 2.24) is 5.43 Å². The molecule has 0 bridgehead atoms. The molecule has 3 aromatic carbocycles. The van der Waals surface area contributed by atoms with Gasteiger partial charge >= 0.3 is 0 Å². The maximum absolute atomic E-state index is 12.3. The number of phenols is 1. The summed E-state index contributed by atoms with van der Waals surface area (Å²) in [6.07, 6.45) is 0. The summed E-state index contributed by atoms with van der Waals surface area (Å²) in [5, 5.41) is 14.7. The molecule has 0 aliphatic heterocycles. The van der Waals surface area contributed by atoms with Gasteiger partial charge in [-0.25, -0.2) is 5.43 Å². The fourth-order valence-electron chi connectivity index (χ4n) is 2.33. The topological polar surface area (TPSA) is 61.7 Å². The monoisotopic (exact) mass is 350 g/mol. The van der Waals surface area contributed by atoms with Crippen LogP contribution in [-0.2, 0) is 0 Å². The number of halogens is 1. The van der Waals surface area contributed by atoms with Gasteiger partial charge < -0.3 is 5.11 Å². The molecule has 0 spiro atoms. The van der Waals surface area contributed by atoms with Gasteiger partial charge in [0.05, 0.1) is 11.3 Å². The zero-order valence-electron chi connectivity index (χ0n) is 13.2. The van der Waals surface area contributed by atoms with E-state index in [1.165, 1.54) is 12.1 Å². The van der Waals surface area contributed by atoms with Gasteiger partial charge in [-0.15, -0.1) is 0 Å². The van der Waals surface area contributed by atoms with Gasteiger partial charge in [0.2, 0.25) is 0 Å². The van der Waals surface area contributed by atoms with Crippen molar-refractivity contribution in [3.8, 4) is 5.75 Å². The molecular formula is C20H15ClN2O2. The Morgan fingerprint density at radius 2 is 1.44 bits per heavy atom. The third-order valence-corrected chi connectivity index (χ3v) is 3.83. The molecule has 1 amide bonds. The van der Waals surface area contributed by atoms with E-state index in [2.05, 4.69) is 10.5 Å². The van der Waals surface area contributed by atoms with Gasteiger partial charge in [0.25, 0.3) is 5.91 Å². The first-order chi connectivity index (χ1) is 12.1. The Kier molecular flexibility index (Phi) is 5.11. The average molecular weight is 351 g/mol. The molecule has 0 unspecified atom stereocenters. The first-order valence-electron chi connectivity index (χ1n) is 7.62. The number of benzene rings is 3. The second-order valence-corrected chi connectivity index (χ2v) is 5.73. The van der Waals surface area contributed by atoms with E-state index in [1.54, 1.807) is 24.3 Å². The predicted molar refractivity (Wildman–Crippen MR) is 99.1 cm³/mol.